The van der Waals surface area contributed by atoms with E-state index in [1.165, 1.54) is 24.3 Å². The molecule has 0 heterocycles. The number of benzene rings is 2. The van der Waals surface area contributed by atoms with Crippen LogP contribution in [0.25, 0.3) is 11.1 Å². The van der Waals surface area contributed by atoms with Crippen molar-refractivity contribution in [1.82, 2.24) is 0 Å². The zero-order chi connectivity index (χ0) is 12.4. The van der Waals surface area contributed by atoms with Crippen LogP contribution in [0.15, 0.2) is 42.5 Å². The quantitative estimate of drug-likeness (QED) is 0.856. The molecule has 0 aliphatic carbocycles. The minimum atomic E-state index is -1.01. The summed E-state index contributed by atoms with van der Waals surface area (Å²) in [4.78, 5) is 11.1. The van der Waals surface area contributed by atoms with Gasteiger partial charge in [0.15, 0.2) is 0 Å². The molecule has 86 valence electrons. The molecule has 0 aliphatic heterocycles. The number of aromatic hydroxyl groups is 1. The maximum atomic E-state index is 11.1. The minimum absolute atomic E-state index is 0.132. The van der Waals surface area contributed by atoms with Gasteiger partial charge in [0.2, 0.25) is 0 Å². The van der Waals surface area contributed by atoms with Crippen molar-refractivity contribution in [2.45, 2.75) is 0 Å². The molecule has 0 unspecified atom stereocenters. The molecule has 0 aliphatic rings. The first-order valence-electron chi connectivity index (χ1n) is 4.90. The summed E-state index contributed by atoms with van der Waals surface area (Å²) in [6.45, 7) is 0. The van der Waals surface area contributed by atoms with Crippen LogP contribution in [0.2, 0.25) is 5.02 Å². The second-order valence-corrected chi connectivity index (χ2v) is 3.98. The summed E-state index contributed by atoms with van der Waals surface area (Å²) in [6, 6.07) is 10.9. The molecule has 2 aromatic rings. The molecular weight excluding hydrogens is 240 g/mol. The summed E-state index contributed by atoms with van der Waals surface area (Å²) in [7, 11) is 0. The maximum absolute atomic E-state index is 11.1. The van der Waals surface area contributed by atoms with E-state index >= 15 is 0 Å². The van der Waals surface area contributed by atoms with Gasteiger partial charge in [0.25, 0.3) is 0 Å². The highest BCUT2D eigenvalue weighted by molar-refractivity contribution is 6.31. The van der Waals surface area contributed by atoms with Crippen LogP contribution in [0.1, 0.15) is 10.4 Å². The fraction of sp³-hybridized carbons (Fsp3) is 0. The average Bonchev–Trinajstić information content (AvgIpc) is 2.29. The van der Waals surface area contributed by atoms with Gasteiger partial charge in [-0.15, -0.1) is 0 Å². The SMILES string of the molecule is O=C(O)c1ccc(Cl)cc1-c1ccc(O)cc1. The minimum Gasteiger partial charge on any atom is -0.508 e. The number of aromatic carboxylic acids is 1. The predicted molar refractivity (Wildman–Crippen MR) is 65.5 cm³/mol. The van der Waals surface area contributed by atoms with Crippen LogP contribution in [-0.2, 0) is 0 Å². The van der Waals surface area contributed by atoms with Gasteiger partial charge < -0.3 is 10.2 Å². The van der Waals surface area contributed by atoms with E-state index in [9.17, 15) is 9.90 Å². The summed E-state index contributed by atoms with van der Waals surface area (Å²) in [6.07, 6.45) is 0. The Hall–Kier alpha value is -2.00. The molecule has 2 N–H and O–H groups in total. The van der Waals surface area contributed by atoms with Gasteiger partial charge in [-0.2, -0.15) is 0 Å². The zero-order valence-corrected chi connectivity index (χ0v) is 9.48. The molecule has 0 atom stereocenters. The third-order valence-corrected chi connectivity index (χ3v) is 2.63. The highest BCUT2D eigenvalue weighted by atomic mass is 35.5. The molecule has 0 aromatic heterocycles. The lowest BCUT2D eigenvalue weighted by molar-refractivity contribution is 0.0698. The normalized spacial score (nSPS) is 10.2. The maximum Gasteiger partial charge on any atom is 0.336 e. The number of rotatable bonds is 2. The molecule has 0 saturated heterocycles. The zero-order valence-electron chi connectivity index (χ0n) is 8.72. The molecule has 17 heavy (non-hydrogen) atoms. The van der Waals surface area contributed by atoms with Crippen LogP contribution >= 0.6 is 11.6 Å². The Bertz CT molecular complexity index is 561. The number of phenols is 1. The van der Waals surface area contributed by atoms with E-state index in [1.807, 2.05) is 0 Å². The Morgan fingerprint density at radius 1 is 1.06 bits per heavy atom. The van der Waals surface area contributed by atoms with E-state index in [0.717, 1.165) is 0 Å². The first-order chi connectivity index (χ1) is 8.08. The van der Waals surface area contributed by atoms with E-state index in [0.29, 0.717) is 16.1 Å². The van der Waals surface area contributed by atoms with Crippen molar-refractivity contribution in [3.8, 4) is 16.9 Å². The van der Waals surface area contributed by atoms with E-state index in [2.05, 4.69) is 0 Å². The van der Waals surface area contributed by atoms with E-state index in [1.54, 1.807) is 18.2 Å². The van der Waals surface area contributed by atoms with Crippen LogP contribution in [-0.4, -0.2) is 16.2 Å². The van der Waals surface area contributed by atoms with Crippen LogP contribution in [0.3, 0.4) is 0 Å². The summed E-state index contributed by atoms with van der Waals surface area (Å²) in [5, 5.41) is 18.7. The van der Waals surface area contributed by atoms with Crippen molar-refractivity contribution >= 4 is 17.6 Å². The molecule has 2 aromatic carbocycles. The second kappa shape index (κ2) is 4.47. The van der Waals surface area contributed by atoms with Crippen LogP contribution < -0.4 is 0 Å². The van der Waals surface area contributed by atoms with Gasteiger partial charge in [-0.3, -0.25) is 0 Å². The molecule has 0 radical (unpaired) electrons. The molecule has 4 heteroatoms. The standard InChI is InChI=1S/C13H9ClO3/c14-9-3-6-11(13(16)17)12(7-9)8-1-4-10(15)5-2-8/h1-7,15H,(H,16,17). The molecular formula is C13H9ClO3. The molecule has 2 rings (SSSR count). The Labute approximate surface area is 103 Å². The van der Waals surface area contributed by atoms with Gasteiger partial charge in [-0.1, -0.05) is 23.7 Å². The summed E-state index contributed by atoms with van der Waals surface area (Å²) < 4.78 is 0. The lowest BCUT2D eigenvalue weighted by Crippen LogP contribution is -1.99. The van der Waals surface area contributed by atoms with Crippen molar-refractivity contribution in [1.29, 1.82) is 0 Å². The number of halogens is 1. The van der Waals surface area contributed by atoms with E-state index in [4.69, 9.17) is 16.7 Å². The number of carboxylic acid groups (broad SMARTS) is 1. The van der Waals surface area contributed by atoms with Crippen molar-refractivity contribution in [3.63, 3.8) is 0 Å². The fourth-order valence-corrected chi connectivity index (χ4v) is 1.75. The number of carboxylic acids is 1. The molecule has 3 nitrogen and oxygen atoms in total. The Kier molecular flexibility index (Phi) is 3.02. The Balaban J connectivity index is 2.60. The third kappa shape index (κ3) is 2.40. The van der Waals surface area contributed by atoms with Gasteiger partial charge in [0.05, 0.1) is 5.56 Å². The first kappa shape index (κ1) is 11.5. The van der Waals surface area contributed by atoms with Crippen LogP contribution in [0.4, 0.5) is 0 Å². The van der Waals surface area contributed by atoms with Crippen LogP contribution in [0.5, 0.6) is 5.75 Å². The highest BCUT2D eigenvalue weighted by Gasteiger charge is 2.11. The number of hydrogen-bond acceptors (Lipinski definition) is 2. The Morgan fingerprint density at radius 3 is 2.29 bits per heavy atom. The number of hydrogen-bond donors (Lipinski definition) is 2. The van der Waals surface area contributed by atoms with Crippen molar-refractivity contribution < 1.29 is 15.0 Å². The molecule has 0 bridgehead atoms. The number of carbonyl (C=O) groups is 1. The number of phenolic OH excluding ortho intramolecular Hbond substituents is 1. The van der Waals surface area contributed by atoms with Crippen LogP contribution in [0, 0.1) is 0 Å². The lowest BCUT2D eigenvalue weighted by atomic mass is 10.00. The van der Waals surface area contributed by atoms with Gasteiger partial charge in [-0.25, -0.2) is 4.79 Å². The summed E-state index contributed by atoms with van der Waals surface area (Å²) in [5.41, 5.74) is 1.41. The molecule has 0 spiro atoms. The fourth-order valence-electron chi connectivity index (χ4n) is 1.58. The average molecular weight is 249 g/mol. The van der Waals surface area contributed by atoms with Gasteiger partial charge in [-0.05, 0) is 41.5 Å². The predicted octanol–water partition coefficient (Wildman–Crippen LogP) is 3.41. The largest absolute Gasteiger partial charge is 0.508 e. The topological polar surface area (TPSA) is 57.5 Å². The molecule has 0 saturated carbocycles. The highest BCUT2D eigenvalue weighted by Crippen LogP contribution is 2.28. The molecule has 0 fully saturated rings. The summed E-state index contributed by atoms with van der Waals surface area (Å²) in [5.74, 6) is -0.877. The summed E-state index contributed by atoms with van der Waals surface area (Å²) >= 11 is 5.86. The van der Waals surface area contributed by atoms with E-state index < -0.39 is 5.97 Å². The van der Waals surface area contributed by atoms with Crippen molar-refractivity contribution in [2.24, 2.45) is 0 Å². The van der Waals surface area contributed by atoms with Gasteiger partial charge in [0.1, 0.15) is 5.75 Å². The Morgan fingerprint density at radius 2 is 1.71 bits per heavy atom. The van der Waals surface area contributed by atoms with Gasteiger partial charge in [0, 0.05) is 5.02 Å². The van der Waals surface area contributed by atoms with Gasteiger partial charge >= 0.3 is 5.97 Å². The molecule has 0 amide bonds. The first-order valence-corrected chi connectivity index (χ1v) is 5.28. The van der Waals surface area contributed by atoms with Crippen molar-refractivity contribution in [2.75, 3.05) is 0 Å². The lowest BCUT2D eigenvalue weighted by Gasteiger charge is -2.07. The van der Waals surface area contributed by atoms with Crippen molar-refractivity contribution in [3.05, 3.63) is 53.1 Å². The third-order valence-electron chi connectivity index (χ3n) is 2.39. The smallest absolute Gasteiger partial charge is 0.336 e. The van der Waals surface area contributed by atoms with E-state index in [-0.39, 0.29) is 11.3 Å². The second-order valence-electron chi connectivity index (χ2n) is 3.54. The monoisotopic (exact) mass is 248 g/mol.